The van der Waals surface area contributed by atoms with Gasteiger partial charge >= 0.3 is 0 Å². The van der Waals surface area contributed by atoms with Crippen molar-refractivity contribution >= 4 is 11.6 Å². The molecule has 2 heterocycles. The first-order valence-corrected chi connectivity index (χ1v) is 11.2. The highest BCUT2D eigenvalue weighted by Crippen LogP contribution is 2.40. The third-order valence-corrected chi connectivity index (χ3v) is 5.92. The number of amides is 1. The van der Waals surface area contributed by atoms with Gasteiger partial charge in [0.25, 0.3) is 12.3 Å². The molecule has 5 nitrogen and oxygen atoms in total. The van der Waals surface area contributed by atoms with E-state index in [4.69, 9.17) is 4.74 Å². The third-order valence-electron chi connectivity index (χ3n) is 5.92. The van der Waals surface area contributed by atoms with Crippen LogP contribution in [0.3, 0.4) is 0 Å². The first-order chi connectivity index (χ1) is 16.4. The maximum atomic E-state index is 15.0. The Labute approximate surface area is 202 Å². The van der Waals surface area contributed by atoms with Crippen molar-refractivity contribution in [3.8, 4) is 17.0 Å². The molecule has 1 amide bonds. The minimum atomic E-state index is -2.67. The van der Waals surface area contributed by atoms with Crippen molar-refractivity contribution in [3.05, 3.63) is 77.0 Å². The number of pyridine rings is 1. The van der Waals surface area contributed by atoms with Crippen LogP contribution in [0.2, 0.25) is 0 Å². The Morgan fingerprint density at radius 3 is 2.31 bits per heavy atom. The largest absolute Gasteiger partial charge is 0.487 e. The number of para-hydroxylation sites is 1. The highest BCUT2D eigenvalue weighted by molar-refractivity contribution is 6.11. The standard InChI is InChI=1S/C27H27F3N2O3/c1-26(2,30)22-13-19-20(24(31-22)18-7-5-6-8-21(18)35-15-23(28)29)14-32(25(19)33)17-11-9-16(10-12-17)27(3,4)34/h5-13,23,34H,14-15H2,1-4H3. The molecular formula is C27H27F3N2O3. The van der Waals surface area contributed by atoms with Crippen molar-refractivity contribution < 1.29 is 27.8 Å². The molecule has 35 heavy (non-hydrogen) atoms. The van der Waals surface area contributed by atoms with Crippen LogP contribution in [-0.4, -0.2) is 29.0 Å². The van der Waals surface area contributed by atoms with Gasteiger partial charge in [0.05, 0.1) is 23.5 Å². The van der Waals surface area contributed by atoms with E-state index >= 15 is 4.39 Å². The number of hydrogen-bond donors (Lipinski definition) is 1. The van der Waals surface area contributed by atoms with Crippen LogP contribution in [0.25, 0.3) is 11.3 Å². The van der Waals surface area contributed by atoms with E-state index < -0.39 is 24.3 Å². The van der Waals surface area contributed by atoms with Crippen LogP contribution in [0.4, 0.5) is 18.9 Å². The highest BCUT2D eigenvalue weighted by atomic mass is 19.3. The van der Waals surface area contributed by atoms with Gasteiger partial charge in [0.2, 0.25) is 0 Å². The predicted molar refractivity (Wildman–Crippen MR) is 128 cm³/mol. The summed E-state index contributed by atoms with van der Waals surface area (Å²) in [5.74, 6) is -0.145. The first kappa shape index (κ1) is 24.7. The van der Waals surface area contributed by atoms with Crippen molar-refractivity contribution in [2.24, 2.45) is 0 Å². The summed E-state index contributed by atoms with van der Waals surface area (Å²) < 4.78 is 46.0. The van der Waals surface area contributed by atoms with Crippen LogP contribution >= 0.6 is 0 Å². The Kier molecular flexibility index (Phi) is 6.36. The van der Waals surface area contributed by atoms with Gasteiger partial charge in [-0.3, -0.25) is 4.79 Å². The number of fused-ring (bicyclic) bond motifs is 1. The van der Waals surface area contributed by atoms with E-state index in [2.05, 4.69) is 4.98 Å². The molecule has 1 aromatic heterocycles. The molecule has 0 saturated carbocycles. The summed E-state index contributed by atoms with van der Waals surface area (Å²) in [4.78, 5) is 19.5. The Bertz CT molecular complexity index is 1250. The van der Waals surface area contributed by atoms with Crippen LogP contribution < -0.4 is 9.64 Å². The Morgan fingerprint density at radius 1 is 1.06 bits per heavy atom. The summed E-state index contributed by atoms with van der Waals surface area (Å²) in [6.07, 6.45) is -2.67. The number of carbonyl (C=O) groups excluding carboxylic acids is 1. The van der Waals surface area contributed by atoms with Crippen molar-refractivity contribution in [2.75, 3.05) is 11.5 Å². The normalized spacial score (nSPS) is 14.0. The van der Waals surface area contributed by atoms with E-state index in [-0.39, 0.29) is 23.9 Å². The number of nitrogens with zero attached hydrogens (tertiary/aromatic N) is 2. The molecule has 4 rings (SSSR count). The van der Waals surface area contributed by atoms with Gasteiger partial charge in [-0.15, -0.1) is 0 Å². The molecule has 0 bridgehead atoms. The second kappa shape index (κ2) is 9.00. The topological polar surface area (TPSA) is 62.7 Å². The molecule has 184 valence electrons. The molecule has 0 spiro atoms. The number of benzene rings is 2. The second-order valence-electron chi connectivity index (χ2n) is 9.55. The summed E-state index contributed by atoms with van der Waals surface area (Å²) in [6, 6.07) is 15.0. The number of carbonyl (C=O) groups is 1. The van der Waals surface area contributed by atoms with E-state index in [1.807, 2.05) is 0 Å². The zero-order valence-corrected chi connectivity index (χ0v) is 20.0. The van der Waals surface area contributed by atoms with E-state index in [0.717, 1.165) is 0 Å². The number of alkyl halides is 3. The van der Waals surface area contributed by atoms with E-state index in [1.165, 1.54) is 19.9 Å². The number of rotatable bonds is 7. The number of hydrogen-bond acceptors (Lipinski definition) is 4. The van der Waals surface area contributed by atoms with Crippen LogP contribution in [-0.2, 0) is 17.8 Å². The zero-order chi connectivity index (χ0) is 25.5. The molecule has 1 aliphatic heterocycles. The SMILES string of the molecule is CC(C)(O)c1ccc(N2Cc3c(cc(C(C)(C)F)nc3-c3ccccc3OCC(F)F)C2=O)cc1. The summed E-state index contributed by atoms with van der Waals surface area (Å²) in [5.41, 5.74) is 0.0605. The van der Waals surface area contributed by atoms with Gasteiger partial charge in [0.15, 0.2) is 0 Å². The Balaban J connectivity index is 1.81. The highest BCUT2D eigenvalue weighted by Gasteiger charge is 2.35. The fourth-order valence-electron chi connectivity index (χ4n) is 4.02. The summed E-state index contributed by atoms with van der Waals surface area (Å²) >= 11 is 0. The molecule has 1 aliphatic rings. The summed E-state index contributed by atoms with van der Waals surface area (Å²) in [6.45, 7) is 5.39. The molecule has 0 atom stereocenters. The van der Waals surface area contributed by atoms with E-state index in [9.17, 15) is 18.7 Å². The quantitative estimate of drug-likeness (QED) is 0.448. The first-order valence-electron chi connectivity index (χ1n) is 11.2. The van der Waals surface area contributed by atoms with Crippen LogP contribution in [0.1, 0.15) is 54.9 Å². The molecule has 2 aromatic carbocycles. The van der Waals surface area contributed by atoms with Gasteiger partial charge in [-0.1, -0.05) is 24.3 Å². The molecular weight excluding hydrogens is 457 g/mol. The van der Waals surface area contributed by atoms with Crippen LogP contribution in [0, 0.1) is 0 Å². The lowest BCUT2D eigenvalue weighted by Crippen LogP contribution is -2.23. The Hall–Kier alpha value is -3.39. The molecule has 0 aliphatic carbocycles. The molecule has 3 aromatic rings. The van der Waals surface area contributed by atoms with Crippen molar-refractivity contribution in [3.63, 3.8) is 0 Å². The smallest absolute Gasteiger partial charge is 0.272 e. The number of anilines is 1. The Morgan fingerprint density at radius 2 is 1.71 bits per heavy atom. The number of halogens is 3. The average molecular weight is 485 g/mol. The minimum absolute atomic E-state index is 0.0579. The maximum absolute atomic E-state index is 15.0. The summed E-state index contributed by atoms with van der Waals surface area (Å²) in [5, 5.41) is 10.2. The van der Waals surface area contributed by atoms with Crippen molar-refractivity contribution in [2.45, 2.75) is 51.9 Å². The predicted octanol–water partition coefficient (Wildman–Crippen LogP) is 5.98. The van der Waals surface area contributed by atoms with E-state index in [1.54, 1.807) is 67.3 Å². The molecule has 0 radical (unpaired) electrons. The molecule has 8 heteroatoms. The fourth-order valence-corrected chi connectivity index (χ4v) is 4.02. The lowest BCUT2D eigenvalue weighted by Gasteiger charge is -2.20. The van der Waals surface area contributed by atoms with Crippen molar-refractivity contribution in [1.29, 1.82) is 0 Å². The second-order valence-corrected chi connectivity index (χ2v) is 9.55. The number of aromatic nitrogens is 1. The molecule has 0 fully saturated rings. The van der Waals surface area contributed by atoms with Crippen molar-refractivity contribution in [1.82, 2.24) is 4.98 Å². The molecule has 0 unspecified atom stereocenters. The zero-order valence-electron chi connectivity index (χ0n) is 20.0. The molecule has 1 N–H and O–H groups in total. The number of aliphatic hydroxyl groups is 1. The fraction of sp³-hybridized carbons (Fsp3) is 0.333. The average Bonchev–Trinajstić information content (AvgIpc) is 3.13. The monoisotopic (exact) mass is 484 g/mol. The van der Waals surface area contributed by atoms with Crippen LogP contribution in [0.15, 0.2) is 54.6 Å². The van der Waals surface area contributed by atoms with Gasteiger partial charge in [0.1, 0.15) is 18.0 Å². The number of ether oxygens (including phenoxy) is 1. The van der Waals surface area contributed by atoms with Gasteiger partial charge in [-0.25, -0.2) is 18.2 Å². The lowest BCUT2D eigenvalue weighted by atomic mass is 9.97. The van der Waals surface area contributed by atoms with Gasteiger partial charge in [-0.05, 0) is 63.6 Å². The van der Waals surface area contributed by atoms with Gasteiger partial charge in [0, 0.05) is 22.4 Å². The molecule has 0 saturated heterocycles. The van der Waals surface area contributed by atoms with E-state index in [0.29, 0.717) is 33.6 Å². The summed E-state index contributed by atoms with van der Waals surface area (Å²) in [7, 11) is 0. The maximum Gasteiger partial charge on any atom is 0.272 e. The van der Waals surface area contributed by atoms with Crippen LogP contribution in [0.5, 0.6) is 5.75 Å². The third kappa shape index (κ3) is 5.03. The van der Waals surface area contributed by atoms with Gasteiger partial charge in [-0.2, -0.15) is 0 Å². The lowest BCUT2D eigenvalue weighted by molar-refractivity contribution is 0.0786. The minimum Gasteiger partial charge on any atom is -0.487 e. The van der Waals surface area contributed by atoms with Gasteiger partial charge < -0.3 is 14.7 Å².